The Bertz CT molecular complexity index is 1130. The number of alkyl halides is 3. The van der Waals surface area contributed by atoms with Gasteiger partial charge in [0.05, 0.1) is 5.56 Å². The third kappa shape index (κ3) is 7.88. The monoisotopic (exact) mass is 488 g/mol. The number of benzene rings is 3. The summed E-state index contributed by atoms with van der Waals surface area (Å²) in [6.45, 7) is 1.65. The molecule has 3 aromatic rings. The fourth-order valence-electron chi connectivity index (χ4n) is 3.02. The van der Waals surface area contributed by atoms with Crippen LogP contribution in [-0.4, -0.2) is 30.0 Å². The lowest BCUT2D eigenvalue weighted by Gasteiger charge is -2.13. The number of carboxylic acids is 1. The normalized spacial score (nSPS) is 11.8. The minimum absolute atomic E-state index is 0.214. The van der Waals surface area contributed by atoms with Crippen molar-refractivity contribution in [2.45, 2.75) is 18.0 Å². The lowest BCUT2D eigenvalue weighted by Crippen LogP contribution is -2.10. The number of halogens is 3. The third-order valence-electron chi connectivity index (χ3n) is 4.70. The SMILES string of the molecule is Cc1cc(SC/C(=C/c2ccccc2)COc2ccc(C(F)(F)F)cc2)ccc1OCC(=O)O. The predicted molar refractivity (Wildman–Crippen MR) is 126 cm³/mol. The standard InChI is InChI=1S/C26H23F3O4S/c1-18-13-23(11-12-24(18)33-16-25(30)31)34-17-20(14-19-5-3-2-4-6-19)15-32-22-9-7-21(8-10-22)26(27,28)29/h2-14H,15-17H2,1H3,(H,30,31)/b20-14+. The van der Waals surface area contributed by atoms with Crippen LogP contribution in [-0.2, 0) is 11.0 Å². The maximum Gasteiger partial charge on any atom is 0.416 e. The van der Waals surface area contributed by atoms with E-state index in [0.717, 1.165) is 33.7 Å². The van der Waals surface area contributed by atoms with E-state index in [9.17, 15) is 18.0 Å². The van der Waals surface area contributed by atoms with Crippen molar-refractivity contribution in [3.05, 3.63) is 95.1 Å². The highest BCUT2D eigenvalue weighted by Crippen LogP contribution is 2.31. The molecule has 0 aliphatic heterocycles. The number of thioether (sulfide) groups is 1. The van der Waals surface area contributed by atoms with E-state index in [0.29, 0.717) is 17.3 Å². The van der Waals surface area contributed by atoms with Crippen LogP contribution in [0.1, 0.15) is 16.7 Å². The van der Waals surface area contributed by atoms with Crippen LogP contribution >= 0.6 is 11.8 Å². The van der Waals surface area contributed by atoms with E-state index in [1.807, 2.05) is 55.5 Å². The summed E-state index contributed by atoms with van der Waals surface area (Å²) in [5.74, 6) is 0.413. The predicted octanol–water partition coefficient (Wildman–Crippen LogP) is 6.73. The van der Waals surface area contributed by atoms with Gasteiger partial charge in [-0.05, 0) is 66.1 Å². The van der Waals surface area contributed by atoms with Crippen LogP contribution in [0.5, 0.6) is 11.5 Å². The molecule has 0 atom stereocenters. The number of carboxylic acid groups (broad SMARTS) is 1. The molecule has 178 valence electrons. The summed E-state index contributed by atoms with van der Waals surface area (Å²) >= 11 is 1.57. The molecule has 0 saturated heterocycles. The molecule has 0 bridgehead atoms. The van der Waals surface area contributed by atoms with Gasteiger partial charge in [0.1, 0.15) is 18.1 Å². The Balaban J connectivity index is 1.68. The summed E-state index contributed by atoms with van der Waals surface area (Å²) in [4.78, 5) is 11.7. The van der Waals surface area contributed by atoms with E-state index in [4.69, 9.17) is 14.6 Å². The maximum atomic E-state index is 12.8. The fraction of sp³-hybridized carbons (Fsp3) is 0.192. The van der Waals surface area contributed by atoms with Crippen molar-refractivity contribution in [1.82, 2.24) is 0 Å². The van der Waals surface area contributed by atoms with Crippen LogP contribution in [0, 0.1) is 6.92 Å². The Kier molecular flexibility index (Phi) is 8.65. The molecule has 0 saturated carbocycles. The van der Waals surface area contributed by atoms with Crippen molar-refractivity contribution in [3.63, 3.8) is 0 Å². The zero-order chi connectivity index (χ0) is 24.6. The Morgan fingerprint density at radius 3 is 2.29 bits per heavy atom. The van der Waals surface area contributed by atoms with Gasteiger partial charge in [-0.3, -0.25) is 0 Å². The average molecular weight is 489 g/mol. The highest BCUT2D eigenvalue weighted by Gasteiger charge is 2.30. The lowest BCUT2D eigenvalue weighted by molar-refractivity contribution is -0.139. The quantitative estimate of drug-likeness (QED) is 0.321. The van der Waals surface area contributed by atoms with E-state index in [1.54, 1.807) is 17.8 Å². The number of hydrogen-bond acceptors (Lipinski definition) is 4. The molecular weight excluding hydrogens is 465 g/mol. The molecule has 0 heterocycles. The van der Waals surface area contributed by atoms with Crippen LogP contribution in [0.3, 0.4) is 0 Å². The molecule has 3 rings (SSSR count). The Morgan fingerprint density at radius 2 is 1.68 bits per heavy atom. The summed E-state index contributed by atoms with van der Waals surface area (Å²) in [6, 6.07) is 19.8. The minimum atomic E-state index is -4.39. The fourth-order valence-corrected chi connectivity index (χ4v) is 3.96. The minimum Gasteiger partial charge on any atom is -0.489 e. The first kappa shape index (κ1) is 25.2. The molecule has 0 unspecified atom stereocenters. The third-order valence-corrected chi connectivity index (χ3v) is 5.80. The number of rotatable bonds is 10. The zero-order valence-electron chi connectivity index (χ0n) is 18.3. The molecule has 4 nitrogen and oxygen atoms in total. The molecule has 0 radical (unpaired) electrons. The van der Waals surface area contributed by atoms with Gasteiger partial charge in [-0.15, -0.1) is 11.8 Å². The molecule has 0 spiro atoms. The van der Waals surface area contributed by atoms with Crippen molar-refractivity contribution in [3.8, 4) is 11.5 Å². The van der Waals surface area contributed by atoms with Gasteiger partial charge in [-0.1, -0.05) is 36.4 Å². The van der Waals surface area contributed by atoms with Gasteiger partial charge < -0.3 is 14.6 Å². The van der Waals surface area contributed by atoms with Crippen molar-refractivity contribution in [1.29, 1.82) is 0 Å². The van der Waals surface area contributed by atoms with Crippen LogP contribution < -0.4 is 9.47 Å². The molecule has 3 aromatic carbocycles. The summed E-state index contributed by atoms with van der Waals surface area (Å²) in [7, 11) is 0. The molecule has 0 aliphatic carbocycles. The van der Waals surface area contributed by atoms with Gasteiger partial charge in [-0.2, -0.15) is 13.2 Å². The second-order valence-electron chi connectivity index (χ2n) is 7.42. The van der Waals surface area contributed by atoms with Crippen LogP contribution in [0.2, 0.25) is 0 Å². The summed E-state index contributed by atoms with van der Waals surface area (Å²) in [6.07, 6.45) is -2.39. The topological polar surface area (TPSA) is 55.8 Å². The Morgan fingerprint density at radius 1 is 0.971 bits per heavy atom. The van der Waals surface area contributed by atoms with Crippen LogP contribution in [0.4, 0.5) is 13.2 Å². The van der Waals surface area contributed by atoms with Gasteiger partial charge in [0.25, 0.3) is 0 Å². The van der Waals surface area contributed by atoms with E-state index in [-0.39, 0.29) is 6.61 Å². The lowest BCUT2D eigenvalue weighted by atomic mass is 10.1. The summed E-state index contributed by atoms with van der Waals surface area (Å²) in [5.41, 5.74) is 2.03. The summed E-state index contributed by atoms with van der Waals surface area (Å²) in [5, 5.41) is 8.77. The first-order valence-corrected chi connectivity index (χ1v) is 11.3. The van der Waals surface area contributed by atoms with Gasteiger partial charge in [-0.25, -0.2) is 4.79 Å². The smallest absolute Gasteiger partial charge is 0.416 e. The molecule has 1 N–H and O–H groups in total. The highest BCUT2D eigenvalue weighted by molar-refractivity contribution is 7.99. The molecule has 34 heavy (non-hydrogen) atoms. The van der Waals surface area contributed by atoms with Gasteiger partial charge in [0.15, 0.2) is 6.61 Å². The molecule has 0 aliphatic rings. The van der Waals surface area contributed by atoms with Crippen LogP contribution in [0.25, 0.3) is 6.08 Å². The largest absolute Gasteiger partial charge is 0.489 e. The molecular formula is C26H23F3O4S. The first-order valence-electron chi connectivity index (χ1n) is 10.3. The van der Waals surface area contributed by atoms with Gasteiger partial charge in [0.2, 0.25) is 0 Å². The van der Waals surface area contributed by atoms with Crippen molar-refractivity contribution in [2.75, 3.05) is 19.0 Å². The maximum absolute atomic E-state index is 12.8. The zero-order valence-corrected chi connectivity index (χ0v) is 19.2. The number of hydrogen-bond donors (Lipinski definition) is 1. The summed E-state index contributed by atoms with van der Waals surface area (Å²) < 4.78 is 49.4. The Hall–Kier alpha value is -3.39. The van der Waals surface area contributed by atoms with Crippen LogP contribution in [0.15, 0.2) is 83.3 Å². The van der Waals surface area contributed by atoms with E-state index >= 15 is 0 Å². The number of aryl methyl sites for hydroxylation is 1. The molecule has 8 heteroatoms. The van der Waals surface area contributed by atoms with Crippen molar-refractivity contribution >= 4 is 23.8 Å². The van der Waals surface area contributed by atoms with E-state index in [2.05, 4.69) is 0 Å². The second-order valence-corrected chi connectivity index (χ2v) is 8.47. The number of aliphatic carboxylic acids is 1. The van der Waals surface area contributed by atoms with E-state index in [1.165, 1.54) is 12.1 Å². The number of ether oxygens (including phenoxy) is 2. The number of carbonyl (C=O) groups is 1. The molecule has 0 amide bonds. The van der Waals surface area contributed by atoms with Crippen molar-refractivity contribution in [2.24, 2.45) is 0 Å². The molecule has 0 fully saturated rings. The van der Waals surface area contributed by atoms with Crippen molar-refractivity contribution < 1.29 is 32.5 Å². The van der Waals surface area contributed by atoms with E-state index < -0.39 is 24.3 Å². The van der Waals surface area contributed by atoms with Gasteiger partial charge >= 0.3 is 12.1 Å². The Labute approximate surface area is 200 Å². The van der Waals surface area contributed by atoms with Gasteiger partial charge in [0, 0.05) is 10.6 Å². The average Bonchev–Trinajstić information content (AvgIpc) is 2.80. The second kappa shape index (κ2) is 11.7. The highest BCUT2D eigenvalue weighted by atomic mass is 32.2. The first-order chi connectivity index (χ1) is 16.2. The molecule has 0 aromatic heterocycles.